The van der Waals surface area contributed by atoms with Crippen LogP contribution >= 0.6 is 27.5 Å². The van der Waals surface area contributed by atoms with E-state index < -0.39 is 0 Å². The molecule has 1 aromatic carbocycles. The molecule has 0 aliphatic carbocycles. The van der Waals surface area contributed by atoms with Crippen LogP contribution in [0.3, 0.4) is 0 Å². The fourth-order valence-electron chi connectivity index (χ4n) is 0.819. The van der Waals surface area contributed by atoms with Gasteiger partial charge in [-0.05, 0) is 46.5 Å². The van der Waals surface area contributed by atoms with Crippen LogP contribution in [-0.2, 0) is 0 Å². The Labute approximate surface area is 80.7 Å². The molecular weight excluding hydrogens is 223 g/mol. The minimum Gasteiger partial charge on any atom is -0.0831 e. The van der Waals surface area contributed by atoms with Crippen LogP contribution in [0.4, 0.5) is 0 Å². The summed E-state index contributed by atoms with van der Waals surface area (Å²) < 4.78 is 0.934. The molecule has 0 aromatic heterocycles. The maximum atomic E-state index is 5.88. The summed E-state index contributed by atoms with van der Waals surface area (Å²) in [6.07, 6.45) is 0. The summed E-state index contributed by atoms with van der Waals surface area (Å²) in [5.41, 5.74) is 1.17. The number of halogens is 2. The van der Waals surface area contributed by atoms with E-state index in [1.54, 1.807) is 0 Å². The summed E-state index contributed by atoms with van der Waals surface area (Å²) in [4.78, 5) is 0. The van der Waals surface area contributed by atoms with Gasteiger partial charge in [-0.1, -0.05) is 24.6 Å². The molecule has 59 valence electrons. The van der Waals surface area contributed by atoms with Gasteiger partial charge in [0.15, 0.2) is 0 Å². The van der Waals surface area contributed by atoms with Gasteiger partial charge in [-0.2, -0.15) is 0 Å². The van der Waals surface area contributed by atoms with Gasteiger partial charge < -0.3 is 0 Å². The van der Waals surface area contributed by atoms with Gasteiger partial charge in [0.2, 0.25) is 0 Å². The van der Waals surface area contributed by atoms with Crippen molar-refractivity contribution in [3.8, 4) is 0 Å². The maximum absolute atomic E-state index is 5.88. The summed E-state index contributed by atoms with van der Waals surface area (Å²) in [7, 11) is 0. The van der Waals surface area contributed by atoms with Gasteiger partial charge in [-0.3, -0.25) is 0 Å². The minimum atomic E-state index is 0.292. The fourth-order valence-corrected chi connectivity index (χ4v) is 1.25. The van der Waals surface area contributed by atoms with E-state index in [2.05, 4.69) is 22.9 Å². The van der Waals surface area contributed by atoms with Gasteiger partial charge in [0.25, 0.3) is 0 Å². The third-order valence-electron chi connectivity index (χ3n) is 1.51. The molecule has 0 bridgehead atoms. The summed E-state index contributed by atoms with van der Waals surface area (Å²) in [6, 6.07) is 5.90. The molecule has 1 rings (SSSR count). The Morgan fingerprint density at radius 3 is 2.64 bits per heavy atom. The third-order valence-corrected chi connectivity index (χ3v) is 2.75. The first-order valence-corrected chi connectivity index (χ1v) is 4.56. The molecule has 11 heavy (non-hydrogen) atoms. The van der Waals surface area contributed by atoms with Crippen molar-refractivity contribution in [2.45, 2.75) is 12.8 Å². The minimum absolute atomic E-state index is 0.292. The Hall–Kier alpha value is -0.0100. The second-order valence-electron chi connectivity index (χ2n) is 2.57. The van der Waals surface area contributed by atoms with Crippen LogP contribution in [0.1, 0.15) is 18.4 Å². The Balaban J connectivity index is 3.05. The topological polar surface area (TPSA) is 0 Å². The van der Waals surface area contributed by atoms with Crippen LogP contribution in [0.15, 0.2) is 22.7 Å². The lowest BCUT2D eigenvalue weighted by atomic mass is 10.0. The molecular formula is C9H9BrCl. The molecule has 1 radical (unpaired) electrons. The lowest BCUT2D eigenvalue weighted by molar-refractivity contribution is 0.964. The van der Waals surface area contributed by atoms with Crippen molar-refractivity contribution < 1.29 is 0 Å². The molecule has 0 N–H and O–H groups in total. The molecule has 2 heteroatoms. The van der Waals surface area contributed by atoms with E-state index in [1.807, 2.05) is 25.1 Å². The van der Waals surface area contributed by atoms with Gasteiger partial charge in [0, 0.05) is 4.47 Å². The fraction of sp³-hybridized carbons (Fsp3) is 0.222. The predicted octanol–water partition coefficient (Wildman–Crippen LogP) is 4.04. The van der Waals surface area contributed by atoms with Crippen LogP contribution in [0, 0.1) is 6.92 Å². The SMILES string of the molecule is [CH2]C(C)c1ccc(Br)c(Cl)c1. The Morgan fingerprint density at radius 2 is 2.18 bits per heavy atom. The zero-order chi connectivity index (χ0) is 8.43. The lowest BCUT2D eigenvalue weighted by Crippen LogP contribution is -1.86. The molecule has 0 fully saturated rings. The van der Waals surface area contributed by atoms with Crippen molar-refractivity contribution in [2.75, 3.05) is 0 Å². The van der Waals surface area contributed by atoms with Crippen molar-refractivity contribution in [1.29, 1.82) is 0 Å². The van der Waals surface area contributed by atoms with Crippen molar-refractivity contribution in [3.63, 3.8) is 0 Å². The summed E-state index contributed by atoms with van der Waals surface area (Å²) in [5.74, 6) is 0.292. The van der Waals surface area contributed by atoms with E-state index in [-0.39, 0.29) is 0 Å². The zero-order valence-corrected chi connectivity index (χ0v) is 8.61. The molecule has 0 nitrogen and oxygen atoms in total. The van der Waals surface area contributed by atoms with Gasteiger partial charge in [0.1, 0.15) is 0 Å². The third kappa shape index (κ3) is 2.21. The monoisotopic (exact) mass is 231 g/mol. The van der Waals surface area contributed by atoms with Gasteiger partial charge >= 0.3 is 0 Å². The van der Waals surface area contributed by atoms with Crippen LogP contribution in [0.5, 0.6) is 0 Å². The van der Waals surface area contributed by atoms with Gasteiger partial charge in [-0.15, -0.1) is 0 Å². The highest BCUT2D eigenvalue weighted by atomic mass is 79.9. The normalized spacial score (nSPS) is 10.6. The molecule has 0 amide bonds. The largest absolute Gasteiger partial charge is 0.0831 e. The summed E-state index contributed by atoms with van der Waals surface area (Å²) in [5, 5.41) is 0.748. The van der Waals surface area contributed by atoms with Crippen LogP contribution in [0.25, 0.3) is 0 Å². The predicted molar refractivity (Wildman–Crippen MR) is 52.9 cm³/mol. The summed E-state index contributed by atoms with van der Waals surface area (Å²) >= 11 is 9.21. The molecule has 0 aliphatic rings. The van der Waals surface area contributed by atoms with E-state index in [9.17, 15) is 0 Å². The highest BCUT2D eigenvalue weighted by Gasteiger charge is 2.01. The molecule has 0 heterocycles. The average Bonchev–Trinajstić information content (AvgIpc) is 1.94. The van der Waals surface area contributed by atoms with Crippen molar-refractivity contribution in [2.24, 2.45) is 0 Å². The first kappa shape index (κ1) is 9.08. The zero-order valence-electron chi connectivity index (χ0n) is 6.27. The van der Waals surface area contributed by atoms with E-state index in [0.717, 1.165) is 9.50 Å². The van der Waals surface area contributed by atoms with E-state index in [4.69, 9.17) is 11.6 Å². The summed E-state index contributed by atoms with van der Waals surface area (Å²) in [6.45, 7) is 5.95. The van der Waals surface area contributed by atoms with Crippen LogP contribution in [-0.4, -0.2) is 0 Å². The van der Waals surface area contributed by atoms with Crippen LogP contribution in [0.2, 0.25) is 5.02 Å². The highest BCUT2D eigenvalue weighted by molar-refractivity contribution is 9.10. The number of benzene rings is 1. The second-order valence-corrected chi connectivity index (χ2v) is 3.84. The van der Waals surface area contributed by atoms with Crippen molar-refractivity contribution >= 4 is 27.5 Å². The average molecular weight is 233 g/mol. The molecule has 0 spiro atoms. The Bertz CT molecular complexity index is 256. The quantitative estimate of drug-likeness (QED) is 0.685. The molecule has 0 saturated heterocycles. The highest BCUT2D eigenvalue weighted by Crippen LogP contribution is 2.26. The maximum Gasteiger partial charge on any atom is 0.0550 e. The number of rotatable bonds is 1. The number of hydrogen-bond donors (Lipinski definition) is 0. The molecule has 1 atom stereocenters. The second kappa shape index (κ2) is 3.59. The Kier molecular flexibility index (Phi) is 2.97. The van der Waals surface area contributed by atoms with Crippen molar-refractivity contribution in [3.05, 3.63) is 40.2 Å². The number of hydrogen-bond acceptors (Lipinski definition) is 0. The van der Waals surface area contributed by atoms with E-state index >= 15 is 0 Å². The van der Waals surface area contributed by atoms with Crippen LogP contribution < -0.4 is 0 Å². The molecule has 0 aliphatic heterocycles. The van der Waals surface area contributed by atoms with E-state index in [0.29, 0.717) is 5.92 Å². The van der Waals surface area contributed by atoms with E-state index in [1.165, 1.54) is 5.56 Å². The smallest absolute Gasteiger partial charge is 0.0550 e. The van der Waals surface area contributed by atoms with Crippen molar-refractivity contribution in [1.82, 2.24) is 0 Å². The first-order chi connectivity index (χ1) is 5.11. The van der Waals surface area contributed by atoms with Gasteiger partial charge in [-0.25, -0.2) is 0 Å². The lowest BCUT2D eigenvalue weighted by Gasteiger charge is -2.05. The first-order valence-electron chi connectivity index (χ1n) is 3.39. The molecule has 1 unspecified atom stereocenters. The molecule has 1 aromatic rings. The molecule has 0 saturated carbocycles. The Morgan fingerprint density at radius 1 is 1.55 bits per heavy atom. The standard InChI is InChI=1S/C9H9BrCl/c1-6(2)7-3-4-8(10)9(11)5-7/h3-6H,1H2,2H3. The van der Waals surface area contributed by atoms with Gasteiger partial charge in [0.05, 0.1) is 5.02 Å².